The Bertz CT molecular complexity index is 391. The van der Waals surface area contributed by atoms with Crippen LogP contribution in [0.15, 0.2) is 12.4 Å². The molecule has 0 bridgehead atoms. The Hall–Kier alpha value is -1.40. The topological polar surface area (TPSA) is 53.5 Å². The molecule has 0 radical (unpaired) electrons. The van der Waals surface area contributed by atoms with Crippen molar-refractivity contribution < 1.29 is 4.74 Å². The predicted molar refractivity (Wildman–Crippen MR) is 81.3 cm³/mol. The summed E-state index contributed by atoms with van der Waals surface area (Å²) in [7, 11) is 0. The Morgan fingerprint density at radius 2 is 2.00 bits per heavy atom. The van der Waals surface area contributed by atoms with Crippen LogP contribution in [0, 0.1) is 0 Å². The summed E-state index contributed by atoms with van der Waals surface area (Å²) in [5, 5.41) is 3.38. The first-order valence-electron chi connectivity index (χ1n) is 7.44. The van der Waals surface area contributed by atoms with Crippen molar-refractivity contribution in [3.63, 3.8) is 0 Å². The molecule has 0 aromatic carbocycles. The zero-order chi connectivity index (χ0) is 14.2. The van der Waals surface area contributed by atoms with Gasteiger partial charge in [-0.25, -0.2) is 9.97 Å². The summed E-state index contributed by atoms with van der Waals surface area (Å²) >= 11 is 0. The van der Waals surface area contributed by atoms with Crippen LogP contribution in [0.25, 0.3) is 0 Å². The molecule has 0 amide bonds. The van der Waals surface area contributed by atoms with Gasteiger partial charge in [0.25, 0.3) is 0 Å². The van der Waals surface area contributed by atoms with E-state index in [0.717, 1.165) is 64.1 Å². The second-order valence-corrected chi connectivity index (χ2v) is 4.81. The standard InChI is InChI=1S/C14H25N5O/c1-3-19(4-2)14-11-13(16-12-17-14)15-5-6-18-7-9-20-10-8-18/h11-12H,3-10H2,1-2H3,(H,15,16,17). The molecule has 112 valence electrons. The summed E-state index contributed by atoms with van der Waals surface area (Å²) in [6, 6.07) is 2.02. The van der Waals surface area contributed by atoms with Crippen LogP contribution in [0.5, 0.6) is 0 Å². The first-order chi connectivity index (χ1) is 9.83. The molecule has 0 atom stereocenters. The highest BCUT2D eigenvalue weighted by Gasteiger charge is 2.09. The molecule has 1 aliphatic rings. The highest BCUT2D eigenvalue weighted by Crippen LogP contribution is 2.13. The van der Waals surface area contributed by atoms with Gasteiger partial charge in [0, 0.05) is 45.3 Å². The number of morpholine rings is 1. The largest absolute Gasteiger partial charge is 0.379 e. The van der Waals surface area contributed by atoms with Crippen LogP contribution in [0.1, 0.15) is 13.8 Å². The molecule has 1 aromatic rings. The van der Waals surface area contributed by atoms with Crippen LogP contribution in [-0.4, -0.2) is 67.4 Å². The van der Waals surface area contributed by atoms with Crippen molar-refractivity contribution in [3.05, 3.63) is 12.4 Å². The number of rotatable bonds is 7. The molecular formula is C14H25N5O. The zero-order valence-electron chi connectivity index (χ0n) is 12.5. The second-order valence-electron chi connectivity index (χ2n) is 4.81. The highest BCUT2D eigenvalue weighted by atomic mass is 16.5. The van der Waals surface area contributed by atoms with Gasteiger partial charge in [-0.05, 0) is 13.8 Å². The van der Waals surface area contributed by atoms with Crippen molar-refractivity contribution in [1.29, 1.82) is 0 Å². The van der Waals surface area contributed by atoms with Gasteiger partial charge in [0.15, 0.2) is 0 Å². The number of nitrogens with one attached hydrogen (secondary N) is 1. The lowest BCUT2D eigenvalue weighted by molar-refractivity contribution is 0.0398. The van der Waals surface area contributed by atoms with Gasteiger partial charge in [0.2, 0.25) is 0 Å². The van der Waals surface area contributed by atoms with E-state index in [1.807, 2.05) is 6.07 Å². The molecule has 1 saturated heterocycles. The maximum Gasteiger partial charge on any atom is 0.134 e. The maximum atomic E-state index is 5.34. The van der Waals surface area contributed by atoms with Crippen molar-refractivity contribution in [1.82, 2.24) is 14.9 Å². The Kier molecular flexibility index (Phi) is 6.01. The van der Waals surface area contributed by atoms with E-state index in [4.69, 9.17) is 4.74 Å². The summed E-state index contributed by atoms with van der Waals surface area (Å²) in [4.78, 5) is 13.2. The number of hydrogen-bond acceptors (Lipinski definition) is 6. The molecule has 6 heteroatoms. The lowest BCUT2D eigenvalue weighted by Gasteiger charge is -2.26. The third-order valence-electron chi connectivity index (χ3n) is 3.58. The minimum atomic E-state index is 0.847. The van der Waals surface area contributed by atoms with Gasteiger partial charge in [0.05, 0.1) is 13.2 Å². The second kappa shape index (κ2) is 8.01. The van der Waals surface area contributed by atoms with Crippen LogP contribution in [-0.2, 0) is 4.74 Å². The predicted octanol–water partition coefficient (Wildman–Crippen LogP) is 1.07. The van der Waals surface area contributed by atoms with E-state index in [-0.39, 0.29) is 0 Å². The van der Waals surface area contributed by atoms with Crippen LogP contribution in [0.4, 0.5) is 11.6 Å². The van der Waals surface area contributed by atoms with Crippen LogP contribution in [0.2, 0.25) is 0 Å². The van der Waals surface area contributed by atoms with E-state index in [2.05, 4.69) is 38.9 Å². The number of hydrogen-bond donors (Lipinski definition) is 1. The average Bonchev–Trinajstić information content (AvgIpc) is 2.50. The molecule has 20 heavy (non-hydrogen) atoms. The lowest BCUT2D eigenvalue weighted by Crippen LogP contribution is -2.39. The highest BCUT2D eigenvalue weighted by molar-refractivity contribution is 5.48. The van der Waals surface area contributed by atoms with Crippen molar-refractivity contribution in [2.45, 2.75) is 13.8 Å². The van der Waals surface area contributed by atoms with Crippen molar-refractivity contribution in [2.75, 3.05) is 62.7 Å². The van der Waals surface area contributed by atoms with E-state index in [9.17, 15) is 0 Å². The number of anilines is 2. The van der Waals surface area contributed by atoms with Crippen molar-refractivity contribution in [3.8, 4) is 0 Å². The number of aromatic nitrogens is 2. The third-order valence-corrected chi connectivity index (χ3v) is 3.58. The molecule has 1 N–H and O–H groups in total. The molecule has 1 aromatic heterocycles. The summed E-state index contributed by atoms with van der Waals surface area (Å²) in [6.45, 7) is 11.9. The van der Waals surface area contributed by atoms with E-state index >= 15 is 0 Å². The molecule has 6 nitrogen and oxygen atoms in total. The fraction of sp³-hybridized carbons (Fsp3) is 0.714. The maximum absolute atomic E-state index is 5.34. The van der Waals surface area contributed by atoms with Gasteiger partial charge in [-0.15, -0.1) is 0 Å². The van der Waals surface area contributed by atoms with Gasteiger partial charge in [-0.2, -0.15) is 0 Å². The van der Waals surface area contributed by atoms with Gasteiger partial charge >= 0.3 is 0 Å². The molecule has 0 spiro atoms. The molecule has 0 aliphatic carbocycles. The number of ether oxygens (including phenoxy) is 1. The summed E-state index contributed by atoms with van der Waals surface area (Å²) in [6.07, 6.45) is 1.63. The molecule has 0 unspecified atom stereocenters. The fourth-order valence-electron chi connectivity index (χ4n) is 2.33. The Morgan fingerprint density at radius 3 is 2.70 bits per heavy atom. The molecule has 2 heterocycles. The van der Waals surface area contributed by atoms with Crippen molar-refractivity contribution >= 4 is 11.6 Å². The van der Waals surface area contributed by atoms with Gasteiger partial charge in [-0.1, -0.05) is 0 Å². The van der Waals surface area contributed by atoms with E-state index in [1.54, 1.807) is 6.33 Å². The Morgan fingerprint density at radius 1 is 1.25 bits per heavy atom. The van der Waals surface area contributed by atoms with Gasteiger partial charge in [-0.3, -0.25) is 4.90 Å². The molecular weight excluding hydrogens is 254 g/mol. The average molecular weight is 279 g/mol. The minimum Gasteiger partial charge on any atom is -0.379 e. The molecule has 1 fully saturated rings. The SMILES string of the molecule is CCN(CC)c1cc(NCCN2CCOCC2)ncn1. The number of nitrogens with zero attached hydrogens (tertiary/aromatic N) is 4. The zero-order valence-corrected chi connectivity index (χ0v) is 12.5. The summed E-state index contributed by atoms with van der Waals surface area (Å²) < 4.78 is 5.34. The normalized spacial score (nSPS) is 16.1. The minimum absolute atomic E-state index is 0.847. The molecule has 1 aliphatic heterocycles. The molecule has 2 rings (SSSR count). The van der Waals surface area contributed by atoms with Gasteiger partial charge in [0.1, 0.15) is 18.0 Å². The third kappa shape index (κ3) is 4.31. The smallest absolute Gasteiger partial charge is 0.134 e. The van der Waals surface area contributed by atoms with Crippen LogP contribution in [0.3, 0.4) is 0 Å². The quantitative estimate of drug-likeness (QED) is 0.806. The first-order valence-corrected chi connectivity index (χ1v) is 7.44. The van der Waals surface area contributed by atoms with Gasteiger partial charge < -0.3 is 15.0 Å². The van der Waals surface area contributed by atoms with Crippen molar-refractivity contribution in [2.24, 2.45) is 0 Å². The summed E-state index contributed by atoms with van der Waals surface area (Å²) in [5.74, 6) is 1.88. The van der Waals surface area contributed by atoms with Crippen LogP contribution < -0.4 is 10.2 Å². The first kappa shape index (κ1) is 15.0. The lowest BCUT2D eigenvalue weighted by atomic mass is 10.4. The molecule has 0 saturated carbocycles. The fourth-order valence-corrected chi connectivity index (χ4v) is 2.33. The Labute approximate surface area is 121 Å². The summed E-state index contributed by atoms with van der Waals surface area (Å²) in [5.41, 5.74) is 0. The Balaban J connectivity index is 1.81. The van der Waals surface area contributed by atoms with Crippen LogP contribution >= 0.6 is 0 Å². The van der Waals surface area contributed by atoms with E-state index < -0.39 is 0 Å². The monoisotopic (exact) mass is 279 g/mol. The van der Waals surface area contributed by atoms with E-state index in [0.29, 0.717) is 0 Å². The van der Waals surface area contributed by atoms with E-state index in [1.165, 1.54) is 0 Å².